The fourth-order valence-corrected chi connectivity index (χ4v) is 1.83. The second-order valence-corrected chi connectivity index (χ2v) is 4.49. The summed E-state index contributed by atoms with van der Waals surface area (Å²) >= 11 is 5.95. The van der Waals surface area contributed by atoms with Crippen LogP contribution in [0.25, 0.3) is 0 Å². The van der Waals surface area contributed by atoms with E-state index in [0.717, 1.165) is 11.1 Å². The first-order chi connectivity index (χ1) is 7.91. The summed E-state index contributed by atoms with van der Waals surface area (Å²) in [7, 11) is 0. The molecule has 0 unspecified atom stereocenters. The van der Waals surface area contributed by atoms with Crippen molar-refractivity contribution in [3.05, 3.63) is 33.8 Å². The van der Waals surface area contributed by atoms with Crippen molar-refractivity contribution in [2.45, 2.75) is 33.1 Å². The molecule has 0 aromatic heterocycles. The maximum absolute atomic E-state index is 11.9. The Hall–Kier alpha value is -1.35. The molecule has 17 heavy (non-hydrogen) atoms. The monoisotopic (exact) mass is 254 g/mol. The van der Waals surface area contributed by atoms with E-state index in [9.17, 15) is 9.59 Å². The minimum atomic E-state index is -0.873. The molecule has 0 aliphatic rings. The van der Waals surface area contributed by atoms with Crippen molar-refractivity contribution < 1.29 is 14.7 Å². The summed E-state index contributed by atoms with van der Waals surface area (Å²) in [4.78, 5) is 22.2. The highest BCUT2D eigenvalue weighted by Gasteiger charge is 2.11. The molecule has 1 rings (SSSR count). The number of benzene rings is 1. The zero-order valence-corrected chi connectivity index (χ0v) is 10.7. The second kappa shape index (κ2) is 5.82. The average molecular weight is 255 g/mol. The zero-order valence-electron chi connectivity index (χ0n) is 9.92. The molecule has 92 valence electrons. The molecule has 0 saturated heterocycles. The maximum atomic E-state index is 11.9. The van der Waals surface area contributed by atoms with Crippen LogP contribution < -0.4 is 0 Å². The molecule has 0 amide bonds. The Kier molecular flexibility index (Phi) is 4.70. The number of halogens is 1. The van der Waals surface area contributed by atoms with Crippen LogP contribution in [0.3, 0.4) is 0 Å². The number of carboxylic acid groups (broad SMARTS) is 1. The first-order valence-corrected chi connectivity index (χ1v) is 5.81. The van der Waals surface area contributed by atoms with Crippen molar-refractivity contribution in [1.82, 2.24) is 0 Å². The van der Waals surface area contributed by atoms with Crippen LogP contribution in [-0.2, 0) is 4.79 Å². The SMILES string of the molecule is Cc1cc(C(=O)CCCC(=O)O)c(C)cc1Cl. The maximum Gasteiger partial charge on any atom is 0.303 e. The highest BCUT2D eigenvalue weighted by molar-refractivity contribution is 6.31. The number of ketones is 1. The van der Waals surface area contributed by atoms with Gasteiger partial charge in [0.05, 0.1) is 0 Å². The molecule has 4 heteroatoms. The molecular weight excluding hydrogens is 240 g/mol. The molecule has 0 fully saturated rings. The Balaban J connectivity index is 2.75. The molecule has 0 spiro atoms. The summed E-state index contributed by atoms with van der Waals surface area (Å²) in [6.07, 6.45) is 0.654. The van der Waals surface area contributed by atoms with Crippen LogP contribution in [0.1, 0.15) is 40.7 Å². The standard InChI is InChI=1S/C13H15ClO3/c1-8-7-11(14)9(2)6-10(8)12(15)4-3-5-13(16)17/h6-7H,3-5H2,1-2H3,(H,16,17). The first-order valence-electron chi connectivity index (χ1n) is 5.43. The van der Waals surface area contributed by atoms with E-state index in [1.54, 1.807) is 12.1 Å². The highest BCUT2D eigenvalue weighted by Crippen LogP contribution is 2.21. The van der Waals surface area contributed by atoms with Crippen LogP contribution in [0.4, 0.5) is 0 Å². The lowest BCUT2D eigenvalue weighted by atomic mass is 9.99. The van der Waals surface area contributed by atoms with Gasteiger partial charge < -0.3 is 5.11 Å². The van der Waals surface area contributed by atoms with Gasteiger partial charge in [0, 0.05) is 23.4 Å². The highest BCUT2D eigenvalue weighted by atomic mass is 35.5. The van der Waals surface area contributed by atoms with E-state index < -0.39 is 5.97 Å². The summed E-state index contributed by atoms with van der Waals surface area (Å²) in [5, 5.41) is 9.15. The van der Waals surface area contributed by atoms with Crippen LogP contribution in [0.2, 0.25) is 5.02 Å². The van der Waals surface area contributed by atoms with Crippen molar-refractivity contribution >= 4 is 23.4 Å². The van der Waals surface area contributed by atoms with E-state index >= 15 is 0 Å². The van der Waals surface area contributed by atoms with Crippen LogP contribution in [0.5, 0.6) is 0 Å². The predicted octanol–water partition coefficient (Wildman–Crippen LogP) is 3.39. The topological polar surface area (TPSA) is 54.4 Å². The Morgan fingerprint density at radius 3 is 2.41 bits per heavy atom. The average Bonchev–Trinajstić information content (AvgIpc) is 2.22. The van der Waals surface area contributed by atoms with Gasteiger partial charge in [0.2, 0.25) is 0 Å². The van der Waals surface area contributed by atoms with Gasteiger partial charge in [-0.1, -0.05) is 11.6 Å². The molecule has 0 heterocycles. The molecule has 0 aliphatic heterocycles. The molecule has 1 aromatic carbocycles. The summed E-state index contributed by atoms with van der Waals surface area (Å²) in [6.45, 7) is 3.67. The summed E-state index contributed by atoms with van der Waals surface area (Å²) < 4.78 is 0. The van der Waals surface area contributed by atoms with Crippen molar-refractivity contribution in [1.29, 1.82) is 0 Å². The number of carbonyl (C=O) groups is 2. The number of aryl methyl sites for hydroxylation is 2. The van der Waals surface area contributed by atoms with Crippen LogP contribution in [0, 0.1) is 13.8 Å². The summed E-state index contributed by atoms with van der Waals surface area (Å²) in [6, 6.07) is 3.53. The van der Waals surface area contributed by atoms with Gasteiger partial charge in [-0.15, -0.1) is 0 Å². The molecule has 1 N–H and O–H groups in total. The van der Waals surface area contributed by atoms with E-state index in [4.69, 9.17) is 16.7 Å². The molecule has 1 aromatic rings. The first kappa shape index (κ1) is 13.7. The third kappa shape index (κ3) is 3.86. The lowest BCUT2D eigenvalue weighted by Crippen LogP contribution is -2.04. The molecule has 0 atom stereocenters. The Morgan fingerprint density at radius 1 is 1.18 bits per heavy atom. The van der Waals surface area contributed by atoms with Gasteiger partial charge in [-0.2, -0.15) is 0 Å². The number of aliphatic carboxylic acids is 1. The van der Waals surface area contributed by atoms with Crippen molar-refractivity contribution in [3.8, 4) is 0 Å². The Morgan fingerprint density at radius 2 is 1.82 bits per heavy atom. The molecular formula is C13H15ClO3. The van der Waals surface area contributed by atoms with Gasteiger partial charge in [0.1, 0.15) is 0 Å². The number of hydrogen-bond donors (Lipinski definition) is 1. The van der Waals surface area contributed by atoms with Crippen molar-refractivity contribution in [3.63, 3.8) is 0 Å². The Labute approximate surface area is 105 Å². The minimum absolute atomic E-state index is 0.0245. The largest absolute Gasteiger partial charge is 0.481 e. The van der Waals surface area contributed by atoms with E-state index in [1.807, 2.05) is 13.8 Å². The summed E-state index contributed by atoms with van der Waals surface area (Å²) in [5.74, 6) is -0.898. The number of carbonyl (C=O) groups excluding carboxylic acids is 1. The number of Topliss-reactive ketones (excluding diaryl/α,β-unsaturated/α-hetero) is 1. The van der Waals surface area contributed by atoms with Gasteiger partial charge in [-0.3, -0.25) is 9.59 Å². The molecule has 0 saturated carbocycles. The van der Waals surface area contributed by atoms with Gasteiger partial charge in [0.15, 0.2) is 5.78 Å². The number of rotatable bonds is 5. The van der Waals surface area contributed by atoms with Crippen LogP contribution >= 0.6 is 11.6 Å². The third-order valence-corrected chi connectivity index (χ3v) is 3.01. The van der Waals surface area contributed by atoms with Gasteiger partial charge in [0.25, 0.3) is 0 Å². The Bertz CT molecular complexity index is 452. The molecule has 0 aliphatic carbocycles. The van der Waals surface area contributed by atoms with Crippen LogP contribution in [-0.4, -0.2) is 16.9 Å². The fraction of sp³-hybridized carbons (Fsp3) is 0.385. The van der Waals surface area contributed by atoms with Crippen molar-refractivity contribution in [2.24, 2.45) is 0 Å². The molecule has 0 radical (unpaired) electrons. The van der Waals surface area contributed by atoms with Gasteiger partial charge >= 0.3 is 5.97 Å². The second-order valence-electron chi connectivity index (χ2n) is 4.09. The smallest absolute Gasteiger partial charge is 0.303 e. The van der Waals surface area contributed by atoms with Gasteiger partial charge in [-0.25, -0.2) is 0 Å². The minimum Gasteiger partial charge on any atom is -0.481 e. The third-order valence-electron chi connectivity index (χ3n) is 2.60. The quantitative estimate of drug-likeness (QED) is 0.820. The van der Waals surface area contributed by atoms with E-state index in [2.05, 4.69) is 0 Å². The van der Waals surface area contributed by atoms with Gasteiger partial charge in [-0.05, 0) is 43.5 Å². The number of carboxylic acids is 1. The molecule has 3 nitrogen and oxygen atoms in total. The van der Waals surface area contributed by atoms with Crippen molar-refractivity contribution in [2.75, 3.05) is 0 Å². The summed E-state index contributed by atoms with van der Waals surface area (Å²) in [5.41, 5.74) is 2.33. The fourth-order valence-electron chi connectivity index (χ4n) is 1.62. The van der Waals surface area contributed by atoms with E-state index in [-0.39, 0.29) is 18.6 Å². The predicted molar refractivity (Wildman–Crippen MR) is 66.7 cm³/mol. The molecule has 0 bridgehead atoms. The normalized spacial score (nSPS) is 10.3. The lowest BCUT2D eigenvalue weighted by molar-refractivity contribution is -0.137. The van der Waals surface area contributed by atoms with E-state index in [1.165, 1.54) is 0 Å². The van der Waals surface area contributed by atoms with Crippen LogP contribution in [0.15, 0.2) is 12.1 Å². The number of hydrogen-bond acceptors (Lipinski definition) is 2. The lowest BCUT2D eigenvalue weighted by Gasteiger charge is -2.07. The van der Waals surface area contributed by atoms with E-state index in [0.29, 0.717) is 17.0 Å². The zero-order chi connectivity index (χ0) is 13.0.